The Hall–Kier alpha value is -1.39. The van der Waals surface area contributed by atoms with Gasteiger partial charge in [0.15, 0.2) is 0 Å². The molecule has 0 bridgehead atoms. The fourth-order valence-electron chi connectivity index (χ4n) is 2.27. The number of nitrogens with zero attached hydrogens (tertiary/aromatic N) is 1. The first-order valence-corrected chi connectivity index (χ1v) is 6.03. The van der Waals surface area contributed by atoms with Gasteiger partial charge < -0.3 is 10.2 Å². The van der Waals surface area contributed by atoms with Crippen LogP contribution in [0.25, 0.3) is 0 Å². The van der Waals surface area contributed by atoms with Gasteiger partial charge in [0.25, 0.3) is 0 Å². The number of alkyl halides is 3. The number of rotatable bonds is 1. The van der Waals surface area contributed by atoms with E-state index >= 15 is 0 Å². The summed E-state index contributed by atoms with van der Waals surface area (Å²) in [4.78, 5) is 2.12. The highest BCUT2D eigenvalue weighted by molar-refractivity contribution is 5.74. The van der Waals surface area contributed by atoms with Crippen molar-refractivity contribution in [3.05, 3.63) is 23.8 Å². The molecule has 1 atom stereocenters. The van der Waals surface area contributed by atoms with Crippen molar-refractivity contribution in [2.45, 2.75) is 39.0 Å². The molecular formula is C13H17F3N2. The molecule has 0 amide bonds. The van der Waals surface area contributed by atoms with Gasteiger partial charge in [0.2, 0.25) is 0 Å². The van der Waals surface area contributed by atoms with Gasteiger partial charge >= 0.3 is 6.18 Å². The Morgan fingerprint density at radius 1 is 1.33 bits per heavy atom. The molecule has 1 N–H and O–H groups in total. The SMILES string of the molecule is CC1CN(C(C)C)c2ccc(C(F)(F)F)cc2N1. The number of hydrogen-bond acceptors (Lipinski definition) is 2. The van der Waals surface area contributed by atoms with Gasteiger partial charge in [-0.1, -0.05) is 0 Å². The van der Waals surface area contributed by atoms with Crippen molar-refractivity contribution in [3.63, 3.8) is 0 Å². The molecule has 1 unspecified atom stereocenters. The van der Waals surface area contributed by atoms with Gasteiger partial charge in [-0.05, 0) is 39.0 Å². The first-order valence-electron chi connectivity index (χ1n) is 6.03. The van der Waals surface area contributed by atoms with E-state index in [1.165, 1.54) is 6.07 Å². The van der Waals surface area contributed by atoms with Gasteiger partial charge in [0, 0.05) is 18.6 Å². The smallest absolute Gasteiger partial charge is 0.379 e. The van der Waals surface area contributed by atoms with Crippen LogP contribution in [0.4, 0.5) is 24.5 Å². The molecule has 1 aliphatic heterocycles. The summed E-state index contributed by atoms with van der Waals surface area (Å²) in [5.41, 5.74) is 0.805. The topological polar surface area (TPSA) is 15.3 Å². The monoisotopic (exact) mass is 258 g/mol. The van der Waals surface area contributed by atoms with Gasteiger partial charge in [0.05, 0.1) is 16.9 Å². The number of hydrogen-bond donors (Lipinski definition) is 1. The summed E-state index contributed by atoms with van der Waals surface area (Å²) >= 11 is 0. The second kappa shape index (κ2) is 4.37. The molecule has 1 aliphatic rings. The second-order valence-electron chi connectivity index (χ2n) is 5.02. The summed E-state index contributed by atoms with van der Waals surface area (Å²) in [6.45, 7) is 6.85. The lowest BCUT2D eigenvalue weighted by atomic mass is 10.1. The number of fused-ring (bicyclic) bond motifs is 1. The molecule has 2 nitrogen and oxygen atoms in total. The van der Waals surface area contributed by atoms with E-state index in [9.17, 15) is 13.2 Å². The van der Waals surface area contributed by atoms with E-state index in [1.807, 2.05) is 20.8 Å². The van der Waals surface area contributed by atoms with Gasteiger partial charge in [-0.25, -0.2) is 0 Å². The van der Waals surface area contributed by atoms with Crippen LogP contribution in [0.15, 0.2) is 18.2 Å². The second-order valence-corrected chi connectivity index (χ2v) is 5.02. The predicted molar refractivity (Wildman–Crippen MR) is 67.0 cm³/mol. The molecule has 0 fully saturated rings. The third kappa shape index (κ3) is 2.40. The summed E-state index contributed by atoms with van der Waals surface area (Å²) in [6.07, 6.45) is -4.29. The molecule has 18 heavy (non-hydrogen) atoms. The maximum atomic E-state index is 12.7. The molecular weight excluding hydrogens is 241 g/mol. The fourth-order valence-corrected chi connectivity index (χ4v) is 2.27. The Morgan fingerprint density at radius 3 is 2.56 bits per heavy atom. The molecule has 0 aromatic heterocycles. The lowest BCUT2D eigenvalue weighted by Crippen LogP contribution is -2.43. The van der Waals surface area contributed by atoms with Crippen molar-refractivity contribution in [3.8, 4) is 0 Å². The van der Waals surface area contributed by atoms with E-state index in [0.717, 1.165) is 18.3 Å². The normalized spacial score (nSPS) is 19.7. The Kier molecular flexibility index (Phi) is 3.17. The van der Waals surface area contributed by atoms with Crippen molar-refractivity contribution in [2.75, 3.05) is 16.8 Å². The molecule has 0 saturated heterocycles. The van der Waals surface area contributed by atoms with Gasteiger partial charge in [-0.3, -0.25) is 0 Å². The molecule has 2 rings (SSSR count). The summed E-state index contributed by atoms with van der Waals surface area (Å²) < 4.78 is 38.0. The van der Waals surface area contributed by atoms with Gasteiger partial charge in [0.1, 0.15) is 0 Å². The highest BCUT2D eigenvalue weighted by atomic mass is 19.4. The van der Waals surface area contributed by atoms with Gasteiger partial charge in [-0.15, -0.1) is 0 Å². The van der Waals surface area contributed by atoms with Crippen LogP contribution >= 0.6 is 0 Å². The van der Waals surface area contributed by atoms with Crippen LogP contribution < -0.4 is 10.2 Å². The van der Waals surface area contributed by atoms with E-state index in [0.29, 0.717) is 5.69 Å². The van der Waals surface area contributed by atoms with Crippen LogP contribution in [0.5, 0.6) is 0 Å². The maximum absolute atomic E-state index is 12.7. The lowest BCUT2D eigenvalue weighted by Gasteiger charge is -2.38. The van der Waals surface area contributed by atoms with E-state index in [1.54, 1.807) is 6.07 Å². The van der Waals surface area contributed by atoms with Crippen molar-refractivity contribution >= 4 is 11.4 Å². The van der Waals surface area contributed by atoms with E-state index < -0.39 is 11.7 Å². The molecule has 1 heterocycles. The van der Waals surface area contributed by atoms with E-state index in [-0.39, 0.29) is 12.1 Å². The van der Waals surface area contributed by atoms with Crippen LogP contribution in [0, 0.1) is 0 Å². The number of halogens is 3. The van der Waals surface area contributed by atoms with Crippen LogP contribution in [0.1, 0.15) is 26.3 Å². The largest absolute Gasteiger partial charge is 0.416 e. The van der Waals surface area contributed by atoms with Crippen molar-refractivity contribution in [1.29, 1.82) is 0 Å². The summed E-state index contributed by atoms with van der Waals surface area (Å²) in [5, 5.41) is 3.12. The van der Waals surface area contributed by atoms with Crippen LogP contribution in [-0.2, 0) is 6.18 Å². The van der Waals surface area contributed by atoms with Gasteiger partial charge in [-0.2, -0.15) is 13.2 Å². The van der Waals surface area contributed by atoms with Crippen molar-refractivity contribution in [2.24, 2.45) is 0 Å². The Bertz CT molecular complexity index is 440. The van der Waals surface area contributed by atoms with Crippen LogP contribution in [0.3, 0.4) is 0 Å². The first kappa shape index (κ1) is 13.1. The first-order chi connectivity index (χ1) is 8.29. The Labute approximate surface area is 105 Å². The number of anilines is 2. The minimum Gasteiger partial charge on any atom is -0.379 e. The fraction of sp³-hybridized carbons (Fsp3) is 0.538. The average molecular weight is 258 g/mol. The summed E-state index contributed by atoms with van der Waals surface area (Å²) in [6, 6.07) is 4.30. The van der Waals surface area contributed by atoms with Crippen molar-refractivity contribution < 1.29 is 13.2 Å². The van der Waals surface area contributed by atoms with Crippen LogP contribution in [-0.4, -0.2) is 18.6 Å². The quantitative estimate of drug-likeness (QED) is 0.825. The minimum atomic E-state index is -4.29. The maximum Gasteiger partial charge on any atom is 0.416 e. The molecule has 100 valence electrons. The molecule has 5 heteroatoms. The van der Waals surface area contributed by atoms with E-state index in [4.69, 9.17) is 0 Å². The molecule has 0 saturated carbocycles. The molecule has 0 aliphatic carbocycles. The molecule has 0 spiro atoms. The molecule has 1 aromatic rings. The van der Waals surface area contributed by atoms with E-state index in [2.05, 4.69) is 10.2 Å². The lowest BCUT2D eigenvalue weighted by molar-refractivity contribution is -0.137. The predicted octanol–water partition coefficient (Wildman–Crippen LogP) is 3.73. The summed E-state index contributed by atoms with van der Waals surface area (Å²) in [5.74, 6) is 0. The highest BCUT2D eigenvalue weighted by Gasteiger charge is 2.32. The molecule has 1 aromatic carbocycles. The zero-order valence-electron chi connectivity index (χ0n) is 10.7. The summed E-state index contributed by atoms with van der Waals surface area (Å²) in [7, 11) is 0. The zero-order valence-corrected chi connectivity index (χ0v) is 10.7. The van der Waals surface area contributed by atoms with Crippen LogP contribution in [0.2, 0.25) is 0 Å². The third-order valence-corrected chi connectivity index (χ3v) is 3.13. The Balaban J connectivity index is 2.43. The standard InChI is InChI=1S/C13H17F3N2/c1-8(2)18-7-9(3)17-11-6-10(13(14,15)16)4-5-12(11)18/h4-6,8-9,17H,7H2,1-3H3. The average Bonchev–Trinajstić information content (AvgIpc) is 2.25. The zero-order chi connectivity index (χ0) is 13.5. The number of nitrogens with one attached hydrogen (secondary N) is 1. The van der Waals surface area contributed by atoms with Crippen molar-refractivity contribution in [1.82, 2.24) is 0 Å². The number of benzene rings is 1. The Morgan fingerprint density at radius 2 is 2.00 bits per heavy atom. The highest BCUT2D eigenvalue weighted by Crippen LogP contribution is 2.38. The minimum absolute atomic E-state index is 0.142. The third-order valence-electron chi connectivity index (χ3n) is 3.13. The molecule has 0 radical (unpaired) electrons.